The van der Waals surface area contributed by atoms with Gasteiger partial charge in [0.25, 0.3) is 0 Å². The van der Waals surface area contributed by atoms with Crippen LogP contribution in [0.4, 0.5) is 0 Å². The van der Waals surface area contributed by atoms with E-state index in [2.05, 4.69) is 5.32 Å². The predicted molar refractivity (Wildman–Crippen MR) is 37.8 cm³/mol. The number of carbonyl (C=O) groups is 1. The van der Waals surface area contributed by atoms with Crippen molar-refractivity contribution < 1.29 is 9.90 Å². The smallest absolute Gasteiger partial charge is 0.321 e. The summed E-state index contributed by atoms with van der Waals surface area (Å²) < 4.78 is 0. The molecule has 58 valence electrons. The summed E-state index contributed by atoms with van der Waals surface area (Å²) in [6.07, 6.45) is 0.948. The zero-order valence-corrected chi connectivity index (χ0v) is 6.35. The topological polar surface area (TPSA) is 49.3 Å². The van der Waals surface area contributed by atoms with E-state index in [-0.39, 0.29) is 11.5 Å². The van der Waals surface area contributed by atoms with Gasteiger partial charge in [-0.3, -0.25) is 4.79 Å². The minimum Gasteiger partial charge on any atom is -0.480 e. The van der Waals surface area contributed by atoms with E-state index in [1.165, 1.54) is 0 Å². The second-order valence-corrected chi connectivity index (χ2v) is 3.46. The van der Waals surface area contributed by atoms with Crippen LogP contribution in [0.15, 0.2) is 0 Å². The van der Waals surface area contributed by atoms with Crippen LogP contribution in [-0.2, 0) is 4.79 Å². The molecule has 0 aromatic carbocycles. The first-order valence-electron chi connectivity index (χ1n) is 3.50. The molecule has 1 aliphatic rings. The van der Waals surface area contributed by atoms with Crippen LogP contribution in [0.5, 0.6) is 0 Å². The van der Waals surface area contributed by atoms with E-state index in [0.717, 1.165) is 13.0 Å². The third-order valence-electron chi connectivity index (χ3n) is 2.15. The summed E-state index contributed by atoms with van der Waals surface area (Å²) in [5.74, 6) is -0.734. The predicted octanol–water partition coefficient (Wildman–Crippen LogP) is 0.459. The van der Waals surface area contributed by atoms with Gasteiger partial charge in [-0.05, 0) is 18.4 Å². The Morgan fingerprint density at radius 1 is 1.70 bits per heavy atom. The van der Waals surface area contributed by atoms with Crippen molar-refractivity contribution in [3.63, 3.8) is 0 Å². The maximum atomic E-state index is 10.6. The first-order chi connectivity index (χ1) is 4.54. The fourth-order valence-electron chi connectivity index (χ4n) is 1.38. The minimum atomic E-state index is -0.734. The summed E-state index contributed by atoms with van der Waals surface area (Å²) in [5, 5.41) is 11.6. The highest BCUT2D eigenvalue weighted by molar-refractivity contribution is 5.75. The Labute approximate surface area is 60.4 Å². The van der Waals surface area contributed by atoms with E-state index >= 15 is 0 Å². The van der Waals surface area contributed by atoms with E-state index in [9.17, 15) is 4.79 Å². The Balaban J connectivity index is 2.68. The molecule has 10 heavy (non-hydrogen) atoms. The number of hydrogen-bond acceptors (Lipinski definition) is 2. The normalized spacial score (nSPS) is 30.4. The number of rotatable bonds is 1. The Hall–Kier alpha value is -0.570. The van der Waals surface area contributed by atoms with Gasteiger partial charge >= 0.3 is 5.97 Å². The summed E-state index contributed by atoms with van der Waals surface area (Å²) in [6.45, 7) is 4.78. The average molecular weight is 143 g/mol. The molecule has 1 aliphatic heterocycles. The highest BCUT2D eigenvalue weighted by Crippen LogP contribution is 2.29. The molecule has 1 atom stereocenters. The molecule has 3 heteroatoms. The zero-order chi connectivity index (χ0) is 7.78. The van der Waals surface area contributed by atoms with E-state index < -0.39 is 5.97 Å². The molecule has 2 N–H and O–H groups in total. The van der Waals surface area contributed by atoms with Gasteiger partial charge in [-0.25, -0.2) is 0 Å². The molecule has 1 fully saturated rings. The van der Waals surface area contributed by atoms with E-state index in [4.69, 9.17) is 5.11 Å². The molecule has 0 aromatic heterocycles. The number of carboxylic acid groups (broad SMARTS) is 1. The number of hydrogen-bond donors (Lipinski definition) is 2. The van der Waals surface area contributed by atoms with Gasteiger partial charge in [-0.2, -0.15) is 0 Å². The molecule has 0 radical (unpaired) electrons. The maximum absolute atomic E-state index is 10.6. The molecule has 0 amide bonds. The Bertz CT molecular complexity index is 154. The molecule has 0 aromatic rings. The van der Waals surface area contributed by atoms with Crippen molar-refractivity contribution >= 4 is 5.97 Å². The quantitative estimate of drug-likeness (QED) is 0.560. The van der Waals surface area contributed by atoms with Gasteiger partial charge in [0.05, 0.1) is 0 Å². The fraction of sp³-hybridized carbons (Fsp3) is 0.857. The van der Waals surface area contributed by atoms with Crippen molar-refractivity contribution in [2.75, 3.05) is 6.54 Å². The monoisotopic (exact) mass is 143 g/mol. The first-order valence-corrected chi connectivity index (χ1v) is 3.50. The first kappa shape index (κ1) is 7.54. The summed E-state index contributed by atoms with van der Waals surface area (Å²) in [7, 11) is 0. The van der Waals surface area contributed by atoms with Crippen molar-refractivity contribution in [1.82, 2.24) is 5.32 Å². The lowest BCUT2D eigenvalue weighted by molar-refractivity contribution is -0.141. The van der Waals surface area contributed by atoms with Crippen LogP contribution < -0.4 is 5.32 Å². The largest absolute Gasteiger partial charge is 0.480 e. The molecular weight excluding hydrogens is 130 g/mol. The van der Waals surface area contributed by atoms with Gasteiger partial charge in [-0.1, -0.05) is 13.8 Å². The molecule has 0 bridgehead atoms. The zero-order valence-electron chi connectivity index (χ0n) is 6.35. The van der Waals surface area contributed by atoms with E-state index in [1.807, 2.05) is 13.8 Å². The summed E-state index contributed by atoms with van der Waals surface area (Å²) >= 11 is 0. The molecule has 0 saturated carbocycles. The molecule has 1 saturated heterocycles. The van der Waals surface area contributed by atoms with Crippen LogP contribution in [0.2, 0.25) is 0 Å². The third-order valence-corrected chi connectivity index (χ3v) is 2.15. The van der Waals surface area contributed by atoms with Crippen LogP contribution in [0.3, 0.4) is 0 Å². The Morgan fingerprint density at radius 2 is 2.30 bits per heavy atom. The Kier molecular flexibility index (Phi) is 1.68. The van der Waals surface area contributed by atoms with Crippen LogP contribution in [0.25, 0.3) is 0 Å². The standard InChI is InChI=1S/C7H13NO2/c1-7(2)3-4-8-5(7)6(9)10/h5,8H,3-4H2,1-2H3,(H,9,10)/t5-/m1/s1. The molecule has 1 rings (SSSR count). The van der Waals surface area contributed by atoms with Crippen LogP contribution >= 0.6 is 0 Å². The summed E-state index contributed by atoms with van der Waals surface area (Å²) in [6, 6.07) is -0.354. The van der Waals surface area contributed by atoms with Crippen molar-refractivity contribution in [2.24, 2.45) is 5.41 Å². The SMILES string of the molecule is CC1(C)CCN[C@@H]1C(=O)O. The van der Waals surface area contributed by atoms with Crippen molar-refractivity contribution in [1.29, 1.82) is 0 Å². The van der Waals surface area contributed by atoms with Crippen LogP contribution in [0, 0.1) is 5.41 Å². The average Bonchev–Trinajstić information content (AvgIpc) is 2.08. The van der Waals surface area contributed by atoms with E-state index in [1.54, 1.807) is 0 Å². The number of aliphatic carboxylic acids is 1. The van der Waals surface area contributed by atoms with Crippen molar-refractivity contribution in [2.45, 2.75) is 26.3 Å². The van der Waals surface area contributed by atoms with Gasteiger partial charge in [0, 0.05) is 0 Å². The van der Waals surface area contributed by atoms with Gasteiger partial charge in [0.2, 0.25) is 0 Å². The molecule has 3 nitrogen and oxygen atoms in total. The molecule has 0 unspecified atom stereocenters. The molecule has 0 aliphatic carbocycles. The minimum absolute atomic E-state index is 0.0775. The number of nitrogens with one attached hydrogen (secondary N) is 1. The van der Waals surface area contributed by atoms with Crippen molar-refractivity contribution in [3.8, 4) is 0 Å². The molecule has 0 spiro atoms. The van der Waals surface area contributed by atoms with Crippen molar-refractivity contribution in [3.05, 3.63) is 0 Å². The highest BCUT2D eigenvalue weighted by atomic mass is 16.4. The third kappa shape index (κ3) is 1.14. The van der Waals surface area contributed by atoms with Crippen LogP contribution in [0.1, 0.15) is 20.3 Å². The summed E-state index contributed by atoms with van der Waals surface area (Å²) in [5.41, 5.74) is -0.0775. The van der Waals surface area contributed by atoms with Gasteiger partial charge < -0.3 is 10.4 Å². The van der Waals surface area contributed by atoms with Crippen LogP contribution in [-0.4, -0.2) is 23.7 Å². The number of carboxylic acids is 1. The van der Waals surface area contributed by atoms with Gasteiger partial charge in [0.1, 0.15) is 6.04 Å². The second-order valence-electron chi connectivity index (χ2n) is 3.46. The lowest BCUT2D eigenvalue weighted by Crippen LogP contribution is -2.39. The second kappa shape index (κ2) is 2.23. The van der Waals surface area contributed by atoms with Gasteiger partial charge in [-0.15, -0.1) is 0 Å². The molecular formula is C7H13NO2. The van der Waals surface area contributed by atoms with Gasteiger partial charge in [0.15, 0.2) is 0 Å². The fourth-order valence-corrected chi connectivity index (χ4v) is 1.38. The lowest BCUT2D eigenvalue weighted by atomic mass is 9.85. The molecule has 1 heterocycles. The lowest BCUT2D eigenvalue weighted by Gasteiger charge is -2.21. The highest BCUT2D eigenvalue weighted by Gasteiger charge is 2.38. The maximum Gasteiger partial charge on any atom is 0.321 e. The summed E-state index contributed by atoms with van der Waals surface area (Å²) in [4.78, 5) is 10.6. The Morgan fingerprint density at radius 3 is 2.50 bits per heavy atom. The van der Waals surface area contributed by atoms with E-state index in [0.29, 0.717) is 0 Å².